The minimum Gasteiger partial charge on any atom is -0.374 e. The normalized spacial score (nSPS) is 17.2. The zero-order valence-electron chi connectivity index (χ0n) is 19.3. The third kappa shape index (κ3) is 5.17. The monoisotopic (exact) mass is 484 g/mol. The van der Waals surface area contributed by atoms with Gasteiger partial charge in [-0.05, 0) is 49.2 Å². The largest absolute Gasteiger partial charge is 0.374 e. The fourth-order valence-electron chi connectivity index (χ4n) is 4.35. The van der Waals surface area contributed by atoms with E-state index in [-0.39, 0.29) is 12.1 Å². The second-order valence-corrected chi connectivity index (χ2v) is 9.03. The molecule has 0 bridgehead atoms. The quantitative estimate of drug-likeness (QED) is 0.370. The first-order valence-electron chi connectivity index (χ1n) is 11.5. The van der Waals surface area contributed by atoms with Crippen LogP contribution in [0.5, 0.6) is 0 Å². The number of nitrogens with zero attached hydrogens (tertiary/aromatic N) is 2. The van der Waals surface area contributed by atoms with Crippen molar-refractivity contribution in [3.63, 3.8) is 0 Å². The summed E-state index contributed by atoms with van der Waals surface area (Å²) in [5.41, 5.74) is 6.06. The molecule has 0 radical (unpaired) electrons. The Morgan fingerprint density at radius 3 is 2.55 bits per heavy atom. The third-order valence-electron chi connectivity index (χ3n) is 6.06. The second kappa shape index (κ2) is 10.8. The average Bonchev–Trinajstić information content (AvgIpc) is 3.16. The lowest BCUT2D eigenvalue weighted by molar-refractivity contribution is 0.0505. The second-order valence-electron chi connectivity index (χ2n) is 8.18. The van der Waals surface area contributed by atoms with Gasteiger partial charge in [0.2, 0.25) is 0 Å². The van der Waals surface area contributed by atoms with Crippen molar-refractivity contribution in [1.82, 2.24) is 15.3 Å². The molecular formula is C26H30Cl2N4O. The molecule has 2 N–H and O–H groups in total. The minimum atomic E-state index is 0.0207. The maximum absolute atomic E-state index is 6.51. The SMILES string of the molecule is CCc1nc(-c2ccc(Cl)cc2Cl)c(CC)nc1NC1c2ccccc2CC1OCCNC. The number of ether oxygens (including phenoxy) is 1. The van der Waals surface area contributed by atoms with Gasteiger partial charge in [0, 0.05) is 23.6 Å². The number of hydrogen-bond donors (Lipinski definition) is 2. The minimum absolute atomic E-state index is 0.0207. The molecule has 33 heavy (non-hydrogen) atoms. The van der Waals surface area contributed by atoms with Gasteiger partial charge in [0.25, 0.3) is 0 Å². The molecule has 0 amide bonds. The summed E-state index contributed by atoms with van der Waals surface area (Å²) in [6, 6.07) is 14.1. The third-order valence-corrected chi connectivity index (χ3v) is 6.60. The Balaban J connectivity index is 1.70. The summed E-state index contributed by atoms with van der Waals surface area (Å²) in [5.74, 6) is 0.812. The number of benzene rings is 2. The van der Waals surface area contributed by atoms with Crippen molar-refractivity contribution in [3.05, 3.63) is 75.0 Å². The van der Waals surface area contributed by atoms with E-state index >= 15 is 0 Å². The van der Waals surface area contributed by atoms with Crippen LogP contribution in [0.1, 0.15) is 42.4 Å². The van der Waals surface area contributed by atoms with Gasteiger partial charge in [-0.1, -0.05) is 61.3 Å². The van der Waals surface area contributed by atoms with Crippen LogP contribution in [0.2, 0.25) is 10.0 Å². The Kier molecular flexibility index (Phi) is 7.86. The lowest BCUT2D eigenvalue weighted by atomic mass is 10.1. The van der Waals surface area contributed by atoms with E-state index in [2.05, 4.69) is 48.7 Å². The van der Waals surface area contributed by atoms with Gasteiger partial charge >= 0.3 is 0 Å². The number of aryl methyl sites for hydroxylation is 2. The smallest absolute Gasteiger partial charge is 0.148 e. The maximum Gasteiger partial charge on any atom is 0.148 e. The summed E-state index contributed by atoms with van der Waals surface area (Å²) < 4.78 is 6.26. The molecule has 4 rings (SSSR count). The Morgan fingerprint density at radius 2 is 1.82 bits per heavy atom. The van der Waals surface area contributed by atoms with Crippen molar-refractivity contribution in [1.29, 1.82) is 0 Å². The van der Waals surface area contributed by atoms with Crippen molar-refractivity contribution in [3.8, 4) is 11.3 Å². The van der Waals surface area contributed by atoms with Crippen molar-refractivity contribution in [2.75, 3.05) is 25.5 Å². The van der Waals surface area contributed by atoms with E-state index in [1.54, 1.807) is 6.07 Å². The van der Waals surface area contributed by atoms with Crippen LogP contribution in [-0.2, 0) is 24.0 Å². The van der Waals surface area contributed by atoms with Gasteiger partial charge in [-0.25, -0.2) is 9.97 Å². The van der Waals surface area contributed by atoms with Crippen molar-refractivity contribution in [2.45, 2.75) is 45.3 Å². The summed E-state index contributed by atoms with van der Waals surface area (Å²) in [4.78, 5) is 10.1. The van der Waals surface area contributed by atoms with Crippen LogP contribution in [-0.4, -0.2) is 36.3 Å². The number of halogens is 2. The van der Waals surface area contributed by atoms with Crippen LogP contribution in [0.15, 0.2) is 42.5 Å². The molecule has 174 valence electrons. The van der Waals surface area contributed by atoms with E-state index in [0.29, 0.717) is 16.7 Å². The summed E-state index contributed by atoms with van der Waals surface area (Å²) in [6.07, 6.45) is 2.41. The predicted molar refractivity (Wildman–Crippen MR) is 136 cm³/mol. The Hall–Kier alpha value is -2.18. The molecule has 2 unspecified atom stereocenters. The van der Waals surface area contributed by atoms with Crippen molar-refractivity contribution >= 4 is 29.0 Å². The molecule has 0 spiro atoms. The summed E-state index contributed by atoms with van der Waals surface area (Å²) in [5, 5.41) is 8.04. The molecule has 0 saturated heterocycles. The van der Waals surface area contributed by atoms with Crippen LogP contribution in [0, 0.1) is 0 Å². The molecule has 1 aliphatic rings. The van der Waals surface area contributed by atoms with Gasteiger partial charge < -0.3 is 15.4 Å². The molecule has 5 nitrogen and oxygen atoms in total. The zero-order chi connectivity index (χ0) is 23.4. The number of aromatic nitrogens is 2. The summed E-state index contributed by atoms with van der Waals surface area (Å²) in [6.45, 7) is 5.66. The fraction of sp³-hybridized carbons (Fsp3) is 0.385. The lowest BCUT2D eigenvalue weighted by Crippen LogP contribution is -2.28. The summed E-state index contributed by atoms with van der Waals surface area (Å²) >= 11 is 12.6. The first-order chi connectivity index (χ1) is 16.0. The van der Waals surface area contributed by atoms with Gasteiger partial charge in [-0.3, -0.25) is 0 Å². The molecule has 1 heterocycles. The van der Waals surface area contributed by atoms with Crippen LogP contribution in [0.25, 0.3) is 11.3 Å². The molecule has 0 aliphatic heterocycles. The lowest BCUT2D eigenvalue weighted by Gasteiger charge is -2.25. The zero-order valence-corrected chi connectivity index (χ0v) is 20.8. The Labute approximate surface area is 205 Å². The van der Waals surface area contributed by atoms with Crippen molar-refractivity contribution in [2.24, 2.45) is 0 Å². The molecule has 0 saturated carbocycles. The summed E-state index contributed by atoms with van der Waals surface area (Å²) in [7, 11) is 1.94. The molecule has 1 aliphatic carbocycles. The van der Waals surface area contributed by atoms with E-state index in [9.17, 15) is 0 Å². The number of likely N-dealkylation sites (N-methyl/N-ethyl adjacent to an activating group) is 1. The molecular weight excluding hydrogens is 455 g/mol. The number of hydrogen-bond acceptors (Lipinski definition) is 5. The molecule has 2 atom stereocenters. The molecule has 7 heteroatoms. The Morgan fingerprint density at radius 1 is 1.03 bits per heavy atom. The van der Waals surface area contributed by atoms with Crippen molar-refractivity contribution < 1.29 is 4.74 Å². The van der Waals surface area contributed by atoms with Crippen LogP contribution in [0.4, 0.5) is 5.82 Å². The van der Waals surface area contributed by atoms with E-state index in [1.165, 1.54) is 11.1 Å². The van der Waals surface area contributed by atoms with E-state index in [0.717, 1.165) is 54.3 Å². The van der Waals surface area contributed by atoms with Gasteiger partial charge in [0.1, 0.15) is 5.82 Å². The highest BCUT2D eigenvalue weighted by molar-refractivity contribution is 6.36. The number of rotatable bonds is 9. The number of anilines is 1. The number of nitrogens with one attached hydrogen (secondary N) is 2. The Bertz CT molecular complexity index is 1120. The molecule has 3 aromatic rings. The van der Waals surface area contributed by atoms with Crippen LogP contribution >= 0.6 is 23.2 Å². The molecule has 2 aromatic carbocycles. The van der Waals surface area contributed by atoms with Crippen LogP contribution in [0.3, 0.4) is 0 Å². The highest BCUT2D eigenvalue weighted by Gasteiger charge is 2.34. The maximum atomic E-state index is 6.51. The van der Waals surface area contributed by atoms with Gasteiger partial charge in [-0.15, -0.1) is 0 Å². The molecule has 1 aromatic heterocycles. The van der Waals surface area contributed by atoms with E-state index in [1.807, 2.05) is 19.2 Å². The topological polar surface area (TPSA) is 59.1 Å². The first kappa shape index (κ1) is 24.0. The fourth-order valence-corrected chi connectivity index (χ4v) is 4.85. The first-order valence-corrected chi connectivity index (χ1v) is 12.3. The van der Waals surface area contributed by atoms with Gasteiger partial charge in [-0.2, -0.15) is 0 Å². The highest BCUT2D eigenvalue weighted by Crippen LogP contribution is 2.37. The van der Waals surface area contributed by atoms with Gasteiger partial charge in [0.15, 0.2) is 0 Å². The number of fused-ring (bicyclic) bond motifs is 1. The molecule has 0 fully saturated rings. The average molecular weight is 485 g/mol. The predicted octanol–water partition coefficient (Wildman–Crippen LogP) is 5.89. The highest BCUT2D eigenvalue weighted by atomic mass is 35.5. The standard InChI is InChI=1S/C26H30Cl2N4O/c1-4-21-24(19-11-10-17(27)15-20(19)28)30-22(5-2)26(31-21)32-25-18-9-7-6-8-16(18)14-23(25)33-13-12-29-3/h6-11,15,23,25,29H,4-5,12-14H2,1-3H3,(H,31,32). The van der Waals surface area contributed by atoms with Crippen LogP contribution < -0.4 is 10.6 Å². The van der Waals surface area contributed by atoms with E-state index < -0.39 is 0 Å². The van der Waals surface area contributed by atoms with Gasteiger partial charge in [0.05, 0.1) is 40.9 Å². The van der Waals surface area contributed by atoms with E-state index in [4.69, 9.17) is 37.9 Å².